The zero-order valence-electron chi connectivity index (χ0n) is 17.3. The van der Waals surface area contributed by atoms with E-state index in [9.17, 15) is 14.4 Å². The van der Waals surface area contributed by atoms with Gasteiger partial charge in [-0.25, -0.2) is 9.78 Å². The molecule has 4 rings (SSSR count). The number of urea groups is 1. The summed E-state index contributed by atoms with van der Waals surface area (Å²) in [7, 11) is 0. The van der Waals surface area contributed by atoms with Gasteiger partial charge in [-0.15, -0.1) is 0 Å². The minimum atomic E-state index is -0.685. The maximum absolute atomic E-state index is 12.6. The number of nitrogens with one attached hydrogen (secondary N) is 2. The molecular weight excluding hydrogens is 384 g/mol. The number of imide groups is 1. The second-order valence-electron chi connectivity index (χ2n) is 8.55. The zero-order chi connectivity index (χ0) is 21.0. The van der Waals surface area contributed by atoms with E-state index >= 15 is 0 Å². The van der Waals surface area contributed by atoms with Crippen molar-refractivity contribution in [3.05, 3.63) is 23.9 Å². The molecule has 0 radical (unpaired) electrons. The average molecular weight is 415 g/mol. The van der Waals surface area contributed by atoms with Crippen LogP contribution in [0.1, 0.15) is 69.8 Å². The molecule has 3 aliphatic rings. The fourth-order valence-electron chi connectivity index (χ4n) is 4.71. The number of aromatic nitrogens is 1. The summed E-state index contributed by atoms with van der Waals surface area (Å²) in [6.07, 6.45) is 10.4. The molecule has 8 nitrogen and oxygen atoms in total. The van der Waals surface area contributed by atoms with Crippen molar-refractivity contribution in [3.8, 4) is 5.88 Å². The van der Waals surface area contributed by atoms with Crippen molar-refractivity contribution in [3.63, 3.8) is 0 Å². The van der Waals surface area contributed by atoms with Crippen molar-refractivity contribution in [1.29, 1.82) is 0 Å². The van der Waals surface area contributed by atoms with E-state index in [0.717, 1.165) is 31.2 Å². The number of carbonyl (C=O) groups is 3. The Bertz CT molecular complexity index is 800. The van der Waals surface area contributed by atoms with Crippen LogP contribution in [0.3, 0.4) is 0 Å². The van der Waals surface area contributed by atoms with Crippen LogP contribution in [0.4, 0.5) is 4.79 Å². The lowest BCUT2D eigenvalue weighted by molar-refractivity contribution is -0.131. The number of carbonyl (C=O) groups excluding carboxylic acids is 3. The lowest BCUT2D eigenvalue weighted by Gasteiger charge is -2.20. The fraction of sp³-hybridized carbons (Fsp3) is 0.636. The van der Waals surface area contributed by atoms with Crippen LogP contribution in [0.25, 0.3) is 0 Å². The van der Waals surface area contributed by atoms with Gasteiger partial charge in [-0.05, 0) is 51.0 Å². The Morgan fingerprint density at radius 2 is 2.00 bits per heavy atom. The number of pyridine rings is 1. The zero-order valence-corrected chi connectivity index (χ0v) is 17.3. The number of nitrogens with zero attached hydrogens (tertiary/aromatic N) is 2. The van der Waals surface area contributed by atoms with E-state index in [2.05, 4.69) is 15.6 Å². The van der Waals surface area contributed by atoms with Gasteiger partial charge in [-0.2, -0.15) is 0 Å². The van der Waals surface area contributed by atoms with Crippen LogP contribution in [-0.2, 0) is 16.1 Å². The molecule has 162 valence electrons. The van der Waals surface area contributed by atoms with Gasteiger partial charge in [-0.3, -0.25) is 14.5 Å². The first-order valence-corrected chi connectivity index (χ1v) is 11.1. The van der Waals surface area contributed by atoms with Crippen LogP contribution in [0.2, 0.25) is 0 Å². The Morgan fingerprint density at radius 1 is 1.23 bits per heavy atom. The number of amides is 4. The van der Waals surface area contributed by atoms with Gasteiger partial charge in [0.2, 0.25) is 11.8 Å². The van der Waals surface area contributed by atoms with Crippen LogP contribution in [0.5, 0.6) is 5.88 Å². The first-order chi connectivity index (χ1) is 14.6. The molecular formula is C22H30N4O4. The van der Waals surface area contributed by atoms with Crippen molar-refractivity contribution in [2.75, 3.05) is 6.54 Å². The third-order valence-corrected chi connectivity index (χ3v) is 6.40. The van der Waals surface area contributed by atoms with Crippen molar-refractivity contribution in [1.82, 2.24) is 20.5 Å². The molecule has 0 aromatic carbocycles. The number of rotatable bonds is 8. The SMILES string of the molecule is O=C(CCCN1C(=O)NC2(CCCC2)C1=O)NCc1cccnc1OC1CCCC1. The number of hydrogen-bond donors (Lipinski definition) is 2. The molecule has 1 aliphatic heterocycles. The molecule has 2 aliphatic carbocycles. The van der Waals surface area contributed by atoms with Gasteiger partial charge >= 0.3 is 6.03 Å². The summed E-state index contributed by atoms with van der Waals surface area (Å²) in [4.78, 5) is 42.7. The Morgan fingerprint density at radius 3 is 2.77 bits per heavy atom. The molecule has 2 N–H and O–H groups in total. The van der Waals surface area contributed by atoms with Crippen molar-refractivity contribution < 1.29 is 19.1 Å². The summed E-state index contributed by atoms with van der Waals surface area (Å²) in [5.74, 6) is 0.341. The molecule has 8 heteroatoms. The normalized spacial score (nSPS) is 20.7. The third-order valence-electron chi connectivity index (χ3n) is 6.40. The van der Waals surface area contributed by atoms with E-state index in [0.29, 0.717) is 31.7 Å². The molecule has 0 atom stereocenters. The van der Waals surface area contributed by atoms with E-state index in [4.69, 9.17) is 4.74 Å². The predicted octanol–water partition coefficient (Wildman–Crippen LogP) is 2.66. The van der Waals surface area contributed by atoms with Crippen molar-refractivity contribution in [2.45, 2.75) is 82.4 Å². The summed E-state index contributed by atoms with van der Waals surface area (Å²) in [6.45, 7) is 0.615. The van der Waals surface area contributed by atoms with Crippen LogP contribution < -0.4 is 15.4 Å². The summed E-state index contributed by atoms with van der Waals surface area (Å²) in [5, 5.41) is 5.76. The van der Waals surface area contributed by atoms with Gasteiger partial charge in [0, 0.05) is 31.3 Å². The Labute approximate surface area is 176 Å². The highest BCUT2D eigenvalue weighted by molar-refractivity contribution is 6.07. The van der Waals surface area contributed by atoms with Gasteiger partial charge < -0.3 is 15.4 Å². The quantitative estimate of drug-likeness (QED) is 0.637. The molecule has 1 spiro atoms. The highest BCUT2D eigenvalue weighted by Gasteiger charge is 2.52. The van der Waals surface area contributed by atoms with E-state index < -0.39 is 5.54 Å². The van der Waals surface area contributed by atoms with E-state index in [-0.39, 0.29) is 36.9 Å². The van der Waals surface area contributed by atoms with Gasteiger partial charge in [0.15, 0.2) is 0 Å². The first kappa shape index (κ1) is 20.6. The second kappa shape index (κ2) is 9.02. The molecule has 2 heterocycles. The average Bonchev–Trinajstić information content (AvgIpc) is 3.47. The van der Waals surface area contributed by atoms with E-state index in [1.807, 2.05) is 12.1 Å². The Hall–Kier alpha value is -2.64. The molecule has 1 aromatic rings. The monoisotopic (exact) mass is 414 g/mol. The number of ether oxygens (including phenoxy) is 1. The topological polar surface area (TPSA) is 101 Å². The maximum Gasteiger partial charge on any atom is 0.325 e. The van der Waals surface area contributed by atoms with Gasteiger partial charge in [0.05, 0.1) is 0 Å². The van der Waals surface area contributed by atoms with Crippen LogP contribution in [0.15, 0.2) is 18.3 Å². The molecule has 2 saturated carbocycles. The van der Waals surface area contributed by atoms with E-state index in [1.165, 1.54) is 17.7 Å². The smallest absolute Gasteiger partial charge is 0.325 e. The third kappa shape index (κ3) is 4.42. The number of hydrogen-bond acceptors (Lipinski definition) is 5. The summed E-state index contributed by atoms with van der Waals surface area (Å²) < 4.78 is 6.01. The molecule has 30 heavy (non-hydrogen) atoms. The summed E-state index contributed by atoms with van der Waals surface area (Å²) in [6, 6.07) is 3.41. The molecule has 0 unspecified atom stereocenters. The van der Waals surface area contributed by atoms with Gasteiger partial charge in [0.1, 0.15) is 11.6 Å². The fourth-order valence-corrected chi connectivity index (χ4v) is 4.71. The van der Waals surface area contributed by atoms with Crippen molar-refractivity contribution >= 4 is 17.8 Å². The van der Waals surface area contributed by atoms with Crippen LogP contribution in [-0.4, -0.2) is 45.9 Å². The minimum absolute atomic E-state index is 0.117. The standard InChI is InChI=1S/C22H30N4O4/c27-18(10-6-14-26-20(28)22(25-21(26)29)11-3-4-12-22)24-15-16-7-5-13-23-19(16)30-17-8-1-2-9-17/h5,7,13,17H,1-4,6,8-12,14-15H2,(H,24,27)(H,25,29). The molecule has 1 saturated heterocycles. The highest BCUT2D eigenvalue weighted by Crippen LogP contribution is 2.35. The van der Waals surface area contributed by atoms with Gasteiger partial charge in [0.25, 0.3) is 5.91 Å². The molecule has 1 aromatic heterocycles. The summed E-state index contributed by atoms with van der Waals surface area (Å²) >= 11 is 0. The maximum atomic E-state index is 12.6. The van der Waals surface area contributed by atoms with Crippen molar-refractivity contribution in [2.24, 2.45) is 0 Å². The lowest BCUT2D eigenvalue weighted by Crippen LogP contribution is -2.44. The highest BCUT2D eigenvalue weighted by atomic mass is 16.5. The second-order valence-corrected chi connectivity index (χ2v) is 8.55. The summed E-state index contributed by atoms with van der Waals surface area (Å²) in [5.41, 5.74) is 0.171. The Balaban J connectivity index is 1.22. The predicted molar refractivity (Wildman–Crippen MR) is 110 cm³/mol. The lowest BCUT2D eigenvalue weighted by atomic mass is 9.98. The van der Waals surface area contributed by atoms with Crippen LogP contribution >= 0.6 is 0 Å². The molecule has 4 amide bonds. The Kier molecular flexibility index (Phi) is 6.20. The minimum Gasteiger partial charge on any atom is -0.474 e. The van der Waals surface area contributed by atoms with Crippen LogP contribution in [0, 0.1) is 0 Å². The molecule has 0 bridgehead atoms. The van der Waals surface area contributed by atoms with Gasteiger partial charge in [-0.1, -0.05) is 18.9 Å². The largest absolute Gasteiger partial charge is 0.474 e. The molecule has 3 fully saturated rings. The first-order valence-electron chi connectivity index (χ1n) is 11.1. The van der Waals surface area contributed by atoms with E-state index in [1.54, 1.807) is 6.20 Å².